The van der Waals surface area contributed by atoms with Crippen LogP contribution >= 0.6 is 0 Å². The van der Waals surface area contributed by atoms with E-state index in [-0.39, 0.29) is 0 Å². The van der Waals surface area contributed by atoms with E-state index in [2.05, 4.69) is 36.1 Å². The van der Waals surface area contributed by atoms with Crippen molar-refractivity contribution >= 4 is 5.91 Å². The minimum atomic E-state index is 0.300. The van der Waals surface area contributed by atoms with Crippen LogP contribution < -0.4 is 0 Å². The fraction of sp³-hybridized carbons (Fsp3) is 0.696. The molecule has 4 aliphatic carbocycles. The normalized spacial score (nSPS) is 39.2. The number of benzene rings is 1. The molecule has 6 rings (SSSR count). The first-order chi connectivity index (χ1) is 12.1. The molecule has 25 heavy (non-hydrogen) atoms. The second-order valence-electron chi connectivity index (χ2n) is 9.87. The number of aryl methyl sites for hydroxylation is 1. The van der Waals surface area contributed by atoms with Crippen LogP contribution in [0, 0.1) is 24.2 Å². The Hall–Kier alpha value is -1.31. The molecule has 2 heteroatoms. The molecule has 1 saturated heterocycles. The van der Waals surface area contributed by atoms with Crippen molar-refractivity contribution in [2.24, 2.45) is 17.3 Å². The molecule has 1 heterocycles. The first-order valence-corrected chi connectivity index (χ1v) is 10.4. The Morgan fingerprint density at radius 2 is 1.68 bits per heavy atom. The van der Waals surface area contributed by atoms with Crippen molar-refractivity contribution in [3.8, 4) is 0 Å². The molecule has 5 aliphatic rings. The van der Waals surface area contributed by atoms with E-state index in [0.29, 0.717) is 16.7 Å². The molecule has 0 radical (unpaired) electrons. The van der Waals surface area contributed by atoms with Gasteiger partial charge in [0.05, 0.1) is 0 Å². The van der Waals surface area contributed by atoms with Crippen molar-refractivity contribution in [2.75, 3.05) is 13.1 Å². The van der Waals surface area contributed by atoms with Crippen LogP contribution in [0.4, 0.5) is 0 Å². The quantitative estimate of drug-likeness (QED) is 0.772. The lowest BCUT2D eigenvalue weighted by atomic mass is 9.42. The van der Waals surface area contributed by atoms with Gasteiger partial charge in [-0.15, -0.1) is 0 Å². The van der Waals surface area contributed by atoms with Crippen LogP contribution in [-0.2, 0) is 10.2 Å². The van der Waals surface area contributed by atoms with E-state index in [1.807, 2.05) is 0 Å². The minimum Gasteiger partial charge on any atom is -0.343 e. The number of carbonyl (C=O) groups is 1. The van der Waals surface area contributed by atoms with Crippen molar-refractivity contribution < 1.29 is 4.79 Å². The molecule has 1 aromatic carbocycles. The lowest BCUT2D eigenvalue weighted by molar-refractivity contribution is -0.140. The van der Waals surface area contributed by atoms with Crippen LogP contribution in [0.25, 0.3) is 0 Å². The molecule has 4 bridgehead atoms. The van der Waals surface area contributed by atoms with Gasteiger partial charge in [-0.3, -0.25) is 4.79 Å². The van der Waals surface area contributed by atoms with E-state index >= 15 is 0 Å². The van der Waals surface area contributed by atoms with Gasteiger partial charge in [0.1, 0.15) is 0 Å². The van der Waals surface area contributed by atoms with Crippen LogP contribution in [-0.4, -0.2) is 23.9 Å². The highest BCUT2D eigenvalue weighted by Gasteiger charge is 2.58. The predicted molar refractivity (Wildman–Crippen MR) is 100 cm³/mol. The predicted octanol–water partition coefficient (Wildman–Crippen LogP) is 4.85. The minimum absolute atomic E-state index is 0.300. The fourth-order valence-electron chi connectivity index (χ4n) is 7.30. The number of amides is 1. The third-order valence-electron chi connectivity index (χ3n) is 7.83. The number of nitrogens with zero attached hydrogens (tertiary/aromatic N) is 1. The second kappa shape index (κ2) is 5.59. The van der Waals surface area contributed by atoms with Crippen molar-refractivity contribution in [1.29, 1.82) is 0 Å². The summed E-state index contributed by atoms with van der Waals surface area (Å²) >= 11 is 0. The highest BCUT2D eigenvalue weighted by molar-refractivity contribution is 5.77. The first kappa shape index (κ1) is 15.9. The molecule has 2 nitrogen and oxygen atoms in total. The van der Waals surface area contributed by atoms with E-state index in [4.69, 9.17) is 0 Å². The summed E-state index contributed by atoms with van der Waals surface area (Å²) in [5, 5.41) is 0. The summed E-state index contributed by atoms with van der Waals surface area (Å²) in [7, 11) is 0. The van der Waals surface area contributed by atoms with E-state index in [1.54, 1.807) is 5.56 Å². The summed E-state index contributed by atoms with van der Waals surface area (Å²) in [6, 6.07) is 9.35. The van der Waals surface area contributed by atoms with Crippen LogP contribution in [0.2, 0.25) is 0 Å². The zero-order valence-electron chi connectivity index (χ0n) is 15.6. The van der Waals surface area contributed by atoms with Crippen LogP contribution in [0.3, 0.4) is 0 Å². The number of hydrogen-bond acceptors (Lipinski definition) is 1. The molecule has 2 atom stereocenters. The van der Waals surface area contributed by atoms with E-state index in [1.165, 1.54) is 56.9 Å². The summed E-state index contributed by atoms with van der Waals surface area (Å²) in [5.41, 5.74) is 3.58. The first-order valence-electron chi connectivity index (χ1n) is 10.4. The lowest BCUT2D eigenvalue weighted by Crippen LogP contribution is -2.55. The zero-order chi connectivity index (χ0) is 17.1. The standard InChI is InChI=1S/C23H31NO/c1-17-4-6-20(7-5-17)23-13-18-10-19(14-23)12-22(11-18,16-23)15-21(25)24-8-2-3-9-24/h4-7,18-19H,2-3,8-16H2,1H3/t18-,19-,22?,23?/m1/s1. The Labute approximate surface area is 152 Å². The van der Waals surface area contributed by atoms with Crippen molar-refractivity contribution in [3.05, 3.63) is 35.4 Å². The topological polar surface area (TPSA) is 20.3 Å². The second-order valence-corrected chi connectivity index (χ2v) is 9.87. The molecular weight excluding hydrogens is 306 g/mol. The number of carbonyl (C=O) groups excluding carboxylic acids is 1. The third-order valence-corrected chi connectivity index (χ3v) is 7.83. The molecule has 1 aromatic rings. The van der Waals surface area contributed by atoms with Gasteiger partial charge in [-0.05, 0) is 86.5 Å². The Balaban J connectivity index is 1.44. The van der Waals surface area contributed by atoms with Crippen molar-refractivity contribution in [1.82, 2.24) is 4.90 Å². The lowest BCUT2D eigenvalue weighted by Gasteiger charge is -2.62. The molecular formula is C23H31NO. The van der Waals surface area contributed by atoms with E-state index in [9.17, 15) is 4.79 Å². The zero-order valence-corrected chi connectivity index (χ0v) is 15.6. The SMILES string of the molecule is Cc1ccc(C23C[C@@H]4C[C@H](CC(CC(=O)N5CCCC5)(C4)C2)C3)cc1. The number of hydrogen-bond donors (Lipinski definition) is 0. The molecule has 0 N–H and O–H groups in total. The Kier molecular flexibility index (Phi) is 3.56. The summed E-state index contributed by atoms with van der Waals surface area (Å²) in [6.07, 6.45) is 11.3. The Morgan fingerprint density at radius 1 is 1.04 bits per heavy atom. The van der Waals surface area contributed by atoms with Crippen LogP contribution in [0.1, 0.15) is 68.9 Å². The van der Waals surface area contributed by atoms with Gasteiger partial charge in [0, 0.05) is 19.5 Å². The number of likely N-dealkylation sites (tertiary alicyclic amines) is 1. The molecule has 0 unspecified atom stereocenters. The molecule has 1 aliphatic heterocycles. The maximum absolute atomic E-state index is 12.9. The van der Waals surface area contributed by atoms with E-state index in [0.717, 1.165) is 31.3 Å². The van der Waals surface area contributed by atoms with Crippen LogP contribution in [0.15, 0.2) is 24.3 Å². The van der Waals surface area contributed by atoms with Gasteiger partial charge < -0.3 is 4.90 Å². The molecule has 1 amide bonds. The van der Waals surface area contributed by atoms with Gasteiger partial charge in [0.25, 0.3) is 0 Å². The van der Waals surface area contributed by atoms with Gasteiger partial charge in [-0.25, -0.2) is 0 Å². The maximum Gasteiger partial charge on any atom is 0.223 e. The van der Waals surface area contributed by atoms with Gasteiger partial charge >= 0.3 is 0 Å². The monoisotopic (exact) mass is 337 g/mol. The van der Waals surface area contributed by atoms with E-state index < -0.39 is 0 Å². The fourth-order valence-corrected chi connectivity index (χ4v) is 7.30. The van der Waals surface area contributed by atoms with Crippen molar-refractivity contribution in [3.63, 3.8) is 0 Å². The van der Waals surface area contributed by atoms with Gasteiger partial charge in [-0.1, -0.05) is 29.8 Å². The molecule has 0 aromatic heterocycles. The van der Waals surface area contributed by atoms with Crippen molar-refractivity contribution in [2.45, 2.75) is 70.1 Å². The van der Waals surface area contributed by atoms with Crippen LogP contribution in [0.5, 0.6) is 0 Å². The largest absolute Gasteiger partial charge is 0.343 e. The molecule has 4 saturated carbocycles. The third kappa shape index (κ3) is 2.64. The Bertz CT molecular complexity index is 656. The summed E-state index contributed by atoms with van der Waals surface area (Å²) < 4.78 is 0. The highest BCUT2D eigenvalue weighted by Crippen LogP contribution is 2.66. The molecule has 5 fully saturated rings. The average Bonchev–Trinajstić information content (AvgIpc) is 3.08. The van der Waals surface area contributed by atoms with Gasteiger partial charge in [-0.2, -0.15) is 0 Å². The number of rotatable bonds is 3. The molecule has 0 spiro atoms. The maximum atomic E-state index is 12.9. The highest BCUT2D eigenvalue weighted by atomic mass is 16.2. The summed E-state index contributed by atoms with van der Waals surface area (Å²) in [4.78, 5) is 15.1. The average molecular weight is 338 g/mol. The van der Waals surface area contributed by atoms with Gasteiger partial charge in [0.15, 0.2) is 0 Å². The molecule has 134 valence electrons. The summed E-state index contributed by atoms with van der Waals surface area (Å²) in [5.74, 6) is 2.17. The van der Waals surface area contributed by atoms with Gasteiger partial charge in [0.2, 0.25) is 5.91 Å². The smallest absolute Gasteiger partial charge is 0.223 e. The summed E-state index contributed by atoms with van der Waals surface area (Å²) in [6.45, 7) is 4.19. The Morgan fingerprint density at radius 3 is 2.32 bits per heavy atom.